The van der Waals surface area contributed by atoms with Gasteiger partial charge in [0.05, 0.1) is 32.1 Å². The fourth-order valence-electron chi connectivity index (χ4n) is 3.98. The van der Waals surface area contributed by atoms with Crippen LogP contribution in [0.2, 0.25) is 0 Å². The summed E-state index contributed by atoms with van der Waals surface area (Å²) in [6.45, 7) is -0.114. The molecule has 1 saturated heterocycles. The lowest BCUT2D eigenvalue weighted by Crippen LogP contribution is -2.24. The van der Waals surface area contributed by atoms with E-state index in [-0.39, 0.29) is 30.8 Å². The maximum atomic E-state index is 15.1. The summed E-state index contributed by atoms with van der Waals surface area (Å²) in [4.78, 5) is 6.25. The summed E-state index contributed by atoms with van der Waals surface area (Å²) in [5.41, 5.74) is 2.29. The average Bonchev–Trinajstić information content (AvgIpc) is 3.67. The number of pyridine rings is 1. The summed E-state index contributed by atoms with van der Waals surface area (Å²) in [6.07, 6.45) is 2.86. The quantitative estimate of drug-likeness (QED) is 0.343. The second-order valence-electron chi connectivity index (χ2n) is 8.27. The van der Waals surface area contributed by atoms with Crippen LogP contribution in [0.4, 0.5) is 14.5 Å². The molecule has 12 nitrogen and oxygen atoms in total. The van der Waals surface area contributed by atoms with Gasteiger partial charge >= 0.3 is 0 Å². The Hall–Kier alpha value is -3.88. The van der Waals surface area contributed by atoms with Crippen molar-refractivity contribution in [3.05, 3.63) is 54.2 Å². The molecule has 0 amide bonds. The third kappa shape index (κ3) is 4.78. The van der Waals surface area contributed by atoms with Crippen molar-refractivity contribution in [2.45, 2.75) is 25.4 Å². The van der Waals surface area contributed by atoms with Crippen molar-refractivity contribution in [2.24, 2.45) is 0 Å². The maximum Gasteiger partial charge on any atom is 0.201 e. The van der Waals surface area contributed by atoms with E-state index in [1.807, 2.05) is 11.0 Å². The van der Waals surface area contributed by atoms with Crippen molar-refractivity contribution in [3.63, 3.8) is 0 Å². The van der Waals surface area contributed by atoms with E-state index in [1.165, 1.54) is 27.8 Å². The van der Waals surface area contributed by atoms with Crippen molar-refractivity contribution in [1.29, 1.82) is 0 Å². The Labute approximate surface area is 203 Å². The van der Waals surface area contributed by atoms with Gasteiger partial charge < -0.3 is 19.8 Å². The molecule has 1 atom stereocenters. The molecule has 1 fully saturated rings. The summed E-state index contributed by atoms with van der Waals surface area (Å²) >= 11 is 0. The van der Waals surface area contributed by atoms with Crippen molar-refractivity contribution in [3.8, 4) is 22.6 Å². The lowest BCUT2D eigenvalue weighted by molar-refractivity contribution is 0.0991. The van der Waals surface area contributed by atoms with Gasteiger partial charge in [0, 0.05) is 29.6 Å². The Morgan fingerprint density at radius 2 is 1.97 bits per heavy atom. The smallest absolute Gasteiger partial charge is 0.201 e. The number of nitrogens with zero attached hydrogens (tertiary/aromatic N) is 9. The van der Waals surface area contributed by atoms with Crippen LogP contribution in [-0.2, 0) is 18.0 Å². The molecule has 188 valence electrons. The zero-order valence-electron chi connectivity index (χ0n) is 19.0. The van der Waals surface area contributed by atoms with Crippen LogP contribution in [0.5, 0.6) is 0 Å². The van der Waals surface area contributed by atoms with E-state index in [0.717, 1.165) is 0 Å². The van der Waals surface area contributed by atoms with Gasteiger partial charge in [-0.1, -0.05) is 11.3 Å². The molecule has 0 radical (unpaired) electrons. The van der Waals surface area contributed by atoms with E-state index in [0.29, 0.717) is 42.3 Å². The Morgan fingerprint density at radius 3 is 2.67 bits per heavy atom. The molecule has 0 aliphatic carbocycles. The number of aromatic nitrogens is 8. The second kappa shape index (κ2) is 10.4. The first-order valence-electron chi connectivity index (χ1n) is 11.2. The first-order valence-corrected chi connectivity index (χ1v) is 11.2. The first-order chi connectivity index (χ1) is 17.6. The molecule has 2 N–H and O–H groups in total. The molecule has 0 unspecified atom stereocenters. The Balaban J connectivity index is 1.28. The van der Waals surface area contributed by atoms with Crippen LogP contribution < -0.4 is 4.90 Å². The lowest BCUT2D eigenvalue weighted by atomic mass is 10.1. The number of anilines is 1. The minimum atomic E-state index is -0.695. The van der Waals surface area contributed by atoms with Gasteiger partial charge in [-0.25, -0.2) is 18.1 Å². The van der Waals surface area contributed by atoms with E-state index >= 15 is 4.39 Å². The average molecular weight is 499 g/mol. The lowest BCUT2D eigenvalue weighted by Gasteiger charge is -2.17. The number of hydrogen-bond acceptors (Lipinski definition) is 10. The molecule has 5 rings (SSSR count). The number of aliphatic hydroxyl groups is 2. The van der Waals surface area contributed by atoms with Crippen molar-refractivity contribution in [1.82, 2.24) is 40.2 Å². The van der Waals surface area contributed by atoms with Gasteiger partial charge in [-0.15, -0.1) is 10.2 Å². The van der Waals surface area contributed by atoms with Crippen LogP contribution in [0.25, 0.3) is 22.6 Å². The Bertz CT molecular complexity index is 1310. The summed E-state index contributed by atoms with van der Waals surface area (Å²) in [7, 11) is 0. The second-order valence-corrected chi connectivity index (χ2v) is 8.27. The molecule has 1 aliphatic rings. The number of benzene rings is 1. The third-order valence-electron chi connectivity index (χ3n) is 5.89. The molecule has 4 aromatic rings. The maximum absolute atomic E-state index is 15.1. The monoisotopic (exact) mass is 499 g/mol. The molecule has 4 heterocycles. The number of alkyl halides is 1. The van der Waals surface area contributed by atoms with Gasteiger partial charge in [0.25, 0.3) is 0 Å². The molecule has 0 bridgehead atoms. The van der Waals surface area contributed by atoms with Crippen molar-refractivity contribution >= 4 is 5.69 Å². The van der Waals surface area contributed by atoms with E-state index in [2.05, 4.69) is 30.8 Å². The van der Waals surface area contributed by atoms with Crippen LogP contribution in [0.1, 0.15) is 11.7 Å². The molecule has 36 heavy (non-hydrogen) atoms. The topological polar surface area (TPSA) is 140 Å². The normalized spacial score (nSPS) is 15.8. The standard InChI is InChI=1S/C22H23F2N9O3/c23-6-15-8-32(29-26-15)10-18-9-31(13-36-18)16-2-3-19(20(24)5-16)14-1-4-21(25-7-14)22-27-28-30-33(22)17(11-34)12-35/h1-5,7-8,17-18,34-35H,6,9-13H2/t18-/m1/s1. The van der Waals surface area contributed by atoms with E-state index in [9.17, 15) is 14.6 Å². The number of halogens is 2. The highest BCUT2D eigenvalue weighted by atomic mass is 19.1. The minimum Gasteiger partial charge on any atom is -0.394 e. The molecule has 1 aliphatic heterocycles. The van der Waals surface area contributed by atoms with Crippen molar-refractivity contribution < 1.29 is 23.7 Å². The van der Waals surface area contributed by atoms with Gasteiger partial charge in [-0.05, 0) is 34.7 Å². The van der Waals surface area contributed by atoms with Gasteiger partial charge in [0.1, 0.15) is 36.7 Å². The van der Waals surface area contributed by atoms with Crippen LogP contribution in [-0.4, -0.2) is 83.0 Å². The molecular formula is C22H23F2N9O3. The number of hydrogen-bond donors (Lipinski definition) is 2. The fourth-order valence-corrected chi connectivity index (χ4v) is 3.98. The highest BCUT2D eigenvalue weighted by molar-refractivity contribution is 5.68. The number of rotatable bonds is 9. The van der Waals surface area contributed by atoms with Crippen LogP contribution in [0.3, 0.4) is 0 Å². The number of aliphatic hydroxyl groups excluding tert-OH is 2. The van der Waals surface area contributed by atoms with Crippen LogP contribution in [0, 0.1) is 5.82 Å². The van der Waals surface area contributed by atoms with Gasteiger partial charge in [-0.3, -0.25) is 4.98 Å². The summed E-state index contributed by atoms with van der Waals surface area (Å²) < 4.78 is 36.3. The first kappa shape index (κ1) is 23.8. The van der Waals surface area contributed by atoms with Crippen LogP contribution >= 0.6 is 0 Å². The van der Waals surface area contributed by atoms with Gasteiger partial charge in [0.15, 0.2) is 0 Å². The zero-order valence-corrected chi connectivity index (χ0v) is 19.0. The van der Waals surface area contributed by atoms with Crippen molar-refractivity contribution in [2.75, 3.05) is 31.4 Å². The zero-order chi connectivity index (χ0) is 25.1. The van der Waals surface area contributed by atoms with E-state index in [4.69, 9.17) is 4.74 Å². The Kier molecular flexibility index (Phi) is 6.88. The molecule has 0 spiro atoms. The Morgan fingerprint density at radius 1 is 1.11 bits per heavy atom. The largest absolute Gasteiger partial charge is 0.394 e. The molecule has 0 saturated carbocycles. The minimum absolute atomic E-state index is 0.188. The SMILES string of the molecule is OCC(CO)n1nnnc1-c1ccc(-c2ccc(N3CO[C@@H](Cn4cc(CF)nn4)C3)cc2F)cn1. The molecule has 3 aromatic heterocycles. The fraction of sp³-hybridized carbons (Fsp3) is 0.364. The van der Waals surface area contributed by atoms with E-state index < -0.39 is 18.5 Å². The highest BCUT2D eigenvalue weighted by Crippen LogP contribution is 2.29. The number of tetrazole rings is 1. The van der Waals surface area contributed by atoms with Gasteiger partial charge in [-0.2, -0.15) is 0 Å². The number of ether oxygens (including phenoxy) is 1. The van der Waals surface area contributed by atoms with E-state index in [1.54, 1.807) is 18.2 Å². The van der Waals surface area contributed by atoms with Crippen LogP contribution in [0.15, 0.2) is 42.7 Å². The highest BCUT2D eigenvalue weighted by Gasteiger charge is 2.25. The third-order valence-corrected chi connectivity index (χ3v) is 5.89. The molecular weight excluding hydrogens is 476 g/mol. The predicted molar refractivity (Wildman–Crippen MR) is 122 cm³/mol. The summed E-state index contributed by atoms with van der Waals surface area (Å²) in [5.74, 6) is -0.138. The predicted octanol–water partition coefficient (Wildman–Crippen LogP) is 0.991. The molecule has 1 aromatic carbocycles. The summed E-state index contributed by atoms with van der Waals surface area (Å²) in [6, 6.07) is 7.58. The molecule has 14 heteroatoms. The summed E-state index contributed by atoms with van der Waals surface area (Å²) in [5, 5.41) is 37.8. The van der Waals surface area contributed by atoms with Gasteiger partial charge in [0.2, 0.25) is 5.82 Å².